The number of anilines is 1. The summed E-state index contributed by atoms with van der Waals surface area (Å²) in [7, 11) is 0. The van der Waals surface area contributed by atoms with Gasteiger partial charge in [0.25, 0.3) is 5.91 Å². The van der Waals surface area contributed by atoms with Crippen molar-refractivity contribution in [1.29, 1.82) is 0 Å². The Morgan fingerprint density at radius 1 is 1.35 bits per heavy atom. The maximum Gasteiger partial charge on any atom is 0.274 e. The van der Waals surface area contributed by atoms with E-state index in [-0.39, 0.29) is 5.91 Å². The van der Waals surface area contributed by atoms with E-state index in [2.05, 4.69) is 12.0 Å². The average molecular weight is 278 g/mol. The number of carbonyl (C=O) groups excluding carboxylic acids is 1. The van der Waals surface area contributed by atoms with Gasteiger partial charge < -0.3 is 10.6 Å². The number of nitrogens with zero attached hydrogens (tertiary/aromatic N) is 3. The molecule has 0 saturated carbocycles. The number of nitrogens with two attached hydrogens (primary N) is 1. The summed E-state index contributed by atoms with van der Waals surface area (Å²) in [5.41, 5.74) is 7.88. The number of aryl methyl sites for hydroxylation is 2. The van der Waals surface area contributed by atoms with Crippen molar-refractivity contribution in [1.82, 2.24) is 14.7 Å². The minimum absolute atomic E-state index is 0.0416. The summed E-state index contributed by atoms with van der Waals surface area (Å²) in [6.45, 7) is 8.42. The number of piperidine rings is 1. The molecular formula is C15H26N4O. The van der Waals surface area contributed by atoms with Crippen LogP contribution in [0.25, 0.3) is 0 Å². The smallest absolute Gasteiger partial charge is 0.274 e. The number of carbonyl (C=O) groups is 1. The van der Waals surface area contributed by atoms with Gasteiger partial charge in [-0.2, -0.15) is 5.10 Å². The van der Waals surface area contributed by atoms with Gasteiger partial charge in [0, 0.05) is 19.6 Å². The first-order valence-electron chi connectivity index (χ1n) is 7.70. The fraction of sp³-hybridized carbons (Fsp3) is 0.733. The predicted molar refractivity (Wildman–Crippen MR) is 80.6 cm³/mol. The lowest BCUT2D eigenvalue weighted by Gasteiger charge is -2.32. The van der Waals surface area contributed by atoms with E-state index in [4.69, 9.17) is 5.73 Å². The SMILES string of the molecule is CCCC1CCN(C(=O)c2c(N)c(C)nn2CC)CC1. The number of nitrogen functional groups attached to an aromatic ring is 1. The molecule has 1 amide bonds. The molecule has 0 aliphatic carbocycles. The maximum absolute atomic E-state index is 12.7. The highest BCUT2D eigenvalue weighted by molar-refractivity contribution is 5.98. The van der Waals surface area contributed by atoms with Crippen LogP contribution < -0.4 is 5.73 Å². The summed E-state index contributed by atoms with van der Waals surface area (Å²) < 4.78 is 1.73. The van der Waals surface area contributed by atoms with Crippen molar-refractivity contribution in [3.63, 3.8) is 0 Å². The third-order valence-corrected chi connectivity index (χ3v) is 4.27. The molecule has 5 heteroatoms. The van der Waals surface area contributed by atoms with Crippen LogP contribution in [0.4, 0.5) is 5.69 Å². The molecule has 1 aromatic heterocycles. The van der Waals surface area contributed by atoms with Gasteiger partial charge in [0.2, 0.25) is 0 Å². The first-order chi connectivity index (χ1) is 9.58. The fourth-order valence-electron chi connectivity index (χ4n) is 3.03. The molecule has 2 rings (SSSR count). The molecule has 0 spiro atoms. The molecule has 1 aliphatic rings. The van der Waals surface area contributed by atoms with Gasteiger partial charge in [-0.05, 0) is 32.6 Å². The number of amides is 1. The molecule has 1 saturated heterocycles. The first-order valence-corrected chi connectivity index (χ1v) is 7.70. The highest BCUT2D eigenvalue weighted by Gasteiger charge is 2.27. The molecule has 2 N–H and O–H groups in total. The zero-order chi connectivity index (χ0) is 14.7. The standard InChI is InChI=1S/C15H26N4O/c1-4-6-12-7-9-18(10-8-12)15(20)14-13(16)11(3)17-19(14)5-2/h12H,4-10,16H2,1-3H3. The van der Waals surface area contributed by atoms with Crippen LogP contribution in [-0.4, -0.2) is 33.7 Å². The number of likely N-dealkylation sites (tertiary alicyclic amines) is 1. The summed E-state index contributed by atoms with van der Waals surface area (Å²) in [6.07, 6.45) is 4.72. The highest BCUT2D eigenvalue weighted by atomic mass is 16.2. The van der Waals surface area contributed by atoms with Crippen molar-refractivity contribution in [3.8, 4) is 0 Å². The molecule has 1 aromatic rings. The van der Waals surface area contributed by atoms with Crippen molar-refractivity contribution >= 4 is 11.6 Å². The molecule has 112 valence electrons. The van der Waals surface area contributed by atoms with Gasteiger partial charge in [0.15, 0.2) is 0 Å². The lowest BCUT2D eigenvalue weighted by molar-refractivity contribution is 0.0675. The van der Waals surface area contributed by atoms with Crippen molar-refractivity contribution in [2.75, 3.05) is 18.8 Å². The van der Waals surface area contributed by atoms with Crippen LogP contribution in [0.3, 0.4) is 0 Å². The Bertz CT molecular complexity index is 472. The molecule has 0 unspecified atom stereocenters. The Kier molecular flexibility index (Phi) is 4.68. The second-order valence-electron chi connectivity index (χ2n) is 5.69. The van der Waals surface area contributed by atoms with E-state index >= 15 is 0 Å². The molecule has 20 heavy (non-hydrogen) atoms. The first kappa shape index (κ1) is 14.9. The molecule has 0 aromatic carbocycles. The summed E-state index contributed by atoms with van der Waals surface area (Å²) in [4.78, 5) is 14.6. The number of aromatic nitrogens is 2. The van der Waals surface area contributed by atoms with Gasteiger partial charge in [-0.25, -0.2) is 0 Å². The summed E-state index contributed by atoms with van der Waals surface area (Å²) >= 11 is 0. The van der Waals surface area contributed by atoms with Gasteiger partial charge in [-0.3, -0.25) is 9.48 Å². The van der Waals surface area contributed by atoms with E-state index in [0.29, 0.717) is 17.9 Å². The minimum Gasteiger partial charge on any atom is -0.395 e. The van der Waals surface area contributed by atoms with Crippen molar-refractivity contribution in [2.24, 2.45) is 5.92 Å². The predicted octanol–water partition coefficient (Wildman–Crippen LogP) is 2.45. The van der Waals surface area contributed by atoms with Gasteiger partial charge in [-0.1, -0.05) is 19.8 Å². The van der Waals surface area contributed by atoms with Crippen LogP contribution in [0.5, 0.6) is 0 Å². The quantitative estimate of drug-likeness (QED) is 0.920. The lowest BCUT2D eigenvalue weighted by Crippen LogP contribution is -2.39. The molecular weight excluding hydrogens is 252 g/mol. The second kappa shape index (κ2) is 6.29. The van der Waals surface area contributed by atoms with E-state index in [1.165, 1.54) is 12.8 Å². The Morgan fingerprint density at radius 3 is 2.55 bits per heavy atom. The van der Waals surface area contributed by atoms with Gasteiger partial charge in [0.05, 0.1) is 11.4 Å². The Balaban J connectivity index is 2.09. The van der Waals surface area contributed by atoms with Crippen LogP contribution in [0, 0.1) is 12.8 Å². The Hall–Kier alpha value is -1.52. The van der Waals surface area contributed by atoms with E-state index in [1.807, 2.05) is 18.7 Å². The van der Waals surface area contributed by atoms with Gasteiger partial charge in [0.1, 0.15) is 5.69 Å². The largest absolute Gasteiger partial charge is 0.395 e. The van der Waals surface area contributed by atoms with Crippen LogP contribution in [0.1, 0.15) is 55.7 Å². The van der Waals surface area contributed by atoms with E-state index in [0.717, 1.165) is 37.5 Å². The van der Waals surface area contributed by atoms with Crippen LogP contribution in [0.2, 0.25) is 0 Å². The fourth-order valence-corrected chi connectivity index (χ4v) is 3.03. The van der Waals surface area contributed by atoms with E-state index < -0.39 is 0 Å². The molecule has 0 atom stereocenters. The molecule has 0 radical (unpaired) electrons. The molecule has 1 aliphatic heterocycles. The van der Waals surface area contributed by atoms with Crippen molar-refractivity contribution < 1.29 is 4.79 Å². The zero-order valence-corrected chi connectivity index (χ0v) is 12.9. The van der Waals surface area contributed by atoms with Crippen molar-refractivity contribution in [3.05, 3.63) is 11.4 Å². The molecule has 0 bridgehead atoms. The monoisotopic (exact) mass is 278 g/mol. The zero-order valence-electron chi connectivity index (χ0n) is 12.9. The second-order valence-corrected chi connectivity index (χ2v) is 5.69. The van der Waals surface area contributed by atoms with E-state index in [9.17, 15) is 4.79 Å². The minimum atomic E-state index is 0.0416. The third-order valence-electron chi connectivity index (χ3n) is 4.27. The third kappa shape index (κ3) is 2.81. The summed E-state index contributed by atoms with van der Waals surface area (Å²) in [6, 6.07) is 0. The highest BCUT2D eigenvalue weighted by Crippen LogP contribution is 2.25. The summed E-state index contributed by atoms with van der Waals surface area (Å²) in [5, 5.41) is 4.33. The average Bonchev–Trinajstić information content (AvgIpc) is 2.75. The maximum atomic E-state index is 12.7. The van der Waals surface area contributed by atoms with Crippen LogP contribution in [0.15, 0.2) is 0 Å². The number of hydrogen-bond donors (Lipinski definition) is 1. The van der Waals surface area contributed by atoms with Crippen molar-refractivity contribution in [2.45, 2.75) is 53.0 Å². The van der Waals surface area contributed by atoms with E-state index in [1.54, 1.807) is 4.68 Å². The van der Waals surface area contributed by atoms with Crippen LogP contribution in [-0.2, 0) is 6.54 Å². The lowest BCUT2D eigenvalue weighted by atomic mass is 9.92. The van der Waals surface area contributed by atoms with Gasteiger partial charge >= 0.3 is 0 Å². The Labute approximate surface area is 121 Å². The molecule has 5 nitrogen and oxygen atoms in total. The topological polar surface area (TPSA) is 64.2 Å². The normalized spacial score (nSPS) is 16.6. The molecule has 1 fully saturated rings. The number of rotatable bonds is 4. The summed E-state index contributed by atoms with van der Waals surface area (Å²) in [5.74, 6) is 0.819. The van der Waals surface area contributed by atoms with Crippen LogP contribution >= 0.6 is 0 Å². The number of hydrogen-bond acceptors (Lipinski definition) is 3. The molecule has 2 heterocycles. The van der Waals surface area contributed by atoms with Gasteiger partial charge in [-0.15, -0.1) is 0 Å². The Morgan fingerprint density at radius 2 is 2.00 bits per heavy atom.